The first-order chi connectivity index (χ1) is 9.88. The summed E-state index contributed by atoms with van der Waals surface area (Å²) < 4.78 is 0. The lowest BCUT2D eigenvalue weighted by atomic mass is 9.97. The summed E-state index contributed by atoms with van der Waals surface area (Å²) in [4.78, 5) is 14.2. The predicted octanol–water partition coefficient (Wildman–Crippen LogP) is 1.81. The van der Waals surface area contributed by atoms with E-state index in [1.54, 1.807) is 0 Å². The number of carbonyl (C=O) groups is 1. The van der Waals surface area contributed by atoms with E-state index in [9.17, 15) is 9.90 Å². The Kier molecular flexibility index (Phi) is 8.04. The van der Waals surface area contributed by atoms with Crippen molar-refractivity contribution in [1.29, 1.82) is 0 Å². The number of nitrogens with zero attached hydrogens (tertiary/aromatic N) is 1. The average molecular weight is 299 g/mol. The molecule has 1 aliphatic rings. The zero-order valence-electron chi connectivity index (χ0n) is 14.1. The molecule has 0 spiro atoms. The van der Waals surface area contributed by atoms with Gasteiger partial charge in [-0.15, -0.1) is 0 Å². The maximum atomic E-state index is 11.7. The van der Waals surface area contributed by atoms with E-state index in [0.29, 0.717) is 30.8 Å². The molecule has 1 saturated heterocycles. The van der Waals surface area contributed by atoms with Crippen LogP contribution < -0.4 is 10.6 Å². The summed E-state index contributed by atoms with van der Waals surface area (Å²) in [7, 11) is 0. The molecule has 3 N–H and O–H groups in total. The molecule has 1 aliphatic heterocycles. The van der Waals surface area contributed by atoms with Gasteiger partial charge in [0.05, 0.1) is 6.10 Å². The van der Waals surface area contributed by atoms with Crippen molar-refractivity contribution in [3.8, 4) is 0 Å². The monoisotopic (exact) mass is 299 g/mol. The second-order valence-electron chi connectivity index (χ2n) is 6.97. The lowest BCUT2D eigenvalue weighted by molar-refractivity contribution is 0.136. The molecule has 0 aromatic rings. The van der Waals surface area contributed by atoms with E-state index in [0.717, 1.165) is 13.1 Å². The molecule has 0 aromatic heterocycles. The van der Waals surface area contributed by atoms with E-state index >= 15 is 0 Å². The molecule has 0 saturated carbocycles. The Bertz CT molecular complexity index is 308. The van der Waals surface area contributed by atoms with E-state index in [1.807, 2.05) is 0 Å². The molecule has 2 unspecified atom stereocenters. The molecule has 1 rings (SSSR count). The summed E-state index contributed by atoms with van der Waals surface area (Å²) >= 11 is 0. The first kappa shape index (κ1) is 18.2. The summed E-state index contributed by atoms with van der Waals surface area (Å²) in [6.07, 6.45) is 2.65. The van der Waals surface area contributed by atoms with Crippen molar-refractivity contribution in [3.05, 3.63) is 0 Å². The third-order valence-electron chi connectivity index (χ3n) is 4.07. The van der Waals surface area contributed by atoms with Crippen LogP contribution in [0.2, 0.25) is 0 Å². The Balaban J connectivity index is 2.17. The molecule has 0 radical (unpaired) electrons. The van der Waals surface area contributed by atoms with Gasteiger partial charge in [0.1, 0.15) is 0 Å². The molecule has 21 heavy (non-hydrogen) atoms. The van der Waals surface area contributed by atoms with Crippen LogP contribution in [0.15, 0.2) is 0 Å². The summed E-state index contributed by atoms with van der Waals surface area (Å²) in [5.74, 6) is 0.974. The molecule has 1 heterocycles. The van der Waals surface area contributed by atoms with E-state index in [-0.39, 0.29) is 6.03 Å². The standard InChI is InChI=1S/C16H33N3O2/c1-12(2)8-15(20)10-18-16(21)17-9-14-6-5-7-19(11-14)13(3)4/h12-15,20H,5-11H2,1-4H3,(H2,17,18,21). The fourth-order valence-corrected chi connectivity index (χ4v) is 2.87. The van der Waals surface area contributed by atoms with Gasteiger partial charge in [0.15, 0.2) is 0 Å². The number of urea groups is 1. The van der Waals surface area contributed by atoms with Crippen LogP contribution in [0, 0.1) is 11.8 Å². The second kappa shape index (κ2) is 9.26. The minimum absolute atomic E-state index is 0.167. The highest BCUT2D eigenvalue weighted by atomic mass is 16.3. The molecule has 0 aliphatic carbocycles. The smallest absolute Gasteiger partial charge is 0.314 e. The van der Waals surface area contributed by atoms with Gasteiger partial charge in [-0.2, -0.15) is 0 Å². The number of likely N-dealkylation sites (tertiary alicyclic amines) is 1. The number of aliphatic hydroxyl groups excluding tert-OH is 1. The van der Waals surface area contributed by atoms with Gasteiger partial charge in [-0.05, 0) is 51.5 Å². The minimum Gasteiger partial charge on any atom is -0.391 e. The summed E-state index contributed by atoms with van der Waals surface area (Å²) in [6.45, 7) is 11.8. The molecule has 5 nitrogen and oxygen atoms in total. The molecular weight excluding hydrogens is 266 g/mol. The van der Waals surface area contributed by atoms with Crippen LogP contribution in [0.1, 0.15) is 47.0 Å². The Morgan fingerprint density at radius 1 is 1.29 bits per heavy atom. The lowest BCUT2D eigenvalue weighted by Gasteiger charge is -2.35. The highest BCUT2D eigenvalue weighted by Gasteiger charge is 2.21. The molecule has 1 fully saturated rings. The maximum Gasteiger partial charge on any atom is 0.314 e. The fraction of sp³-hybridized carbons (Fsp3) is 0.938. The zero-order chi connectivity index (χ0) is 15.8. The molecule has 124 valence electrons. The number of hydrogen-bond donors (Lipinski definition) is 3. The van der Waals surface area contributed by atoms with Crippen molar-refractivity contribution < 1.29 is 9.90 Å². The van der Waals surface area contributed by atoms with Gasteiger partial charge in [0, 0.05) is 25.7 Å². The highest BCUT2D eigenvalue weighted by Crippen LogP contribution is 2.17. The summed E-state index contributed by atoms with van der Waals surface area (Å²) in [5.41, 5.74) is 0. The first-order valence-electron chi connectivity index (χ1n) is 8.32. The largest absolute Gasteiger partial charge is 0.391 e. The number of aliphatic hydroxyl groups is 1. The molecule has 2 amide bonds. The van der Waals surface area contributed by atoms with Gasteiger partial charge < -0.3 is 20.6 Å². The number of amides is 2. The number of rotatable bonds is 7. The second-order valence-corrected chi connectivity index (χ2v) is 6.97. The Morgan fingerprint density at radius 3 is 2.62 bits per heavy atom. The van der Waals surface area contributed by atoms with Crippen LogP contribution in [0.5, 0.6) is 0 Å². The zero-order valence-corrected chi connectivity index (χ0v) is 14.1. The van der Waals surface area contributed by atoms with E-state index < -0.39 is 6.10 Å². The quantitative estimate of drug-likeness (QED) is 0.672. The van der Waals surface area contributed by atoms with Gasteiger partial charge in [0.25, 0.3) is 0 Å². The lowest BCUT2D eigenvalue weighted by Crippen LogP contribution is -2.46. The van der Waals surface area contributed by atoms with Gasteiger partial charge >= 0.3 is 6.03 Å². The van der Waals surface area contributed by atoms with Gasteiger partial charge in [-0.25, -0.2) is 4.79 Å². The van der Waals surface area contributed by atoms with Gasteiger partial charge in [0.2, 0.25) is 0 Å². The van der Waals surface area contributed by atoms with Crippen molar-refractivity contribution in [3.63, 3.8) is 0 Å². The molecule has 0 aromatic carbocycles. The van der Waals surface area contributed by atoms with Crippen LogP contribution in [-0.2, 0) is 0 Å². The van der Waals surface area contributed by atoms with E-state index in [1.165, 1.54) is 19.4 Å². The third kappa shape index (κ3) is 7.67. The van der Waals surface area contributed by atoms with E-state index in [2.05, 4.69) is 43.2 Å². The highest BCUT2D eigenvalue weighted by molar-refractivity contribution is 5.73. The predicted molar refractivity (Wildman–Crippen MR) is 86.3 cm³/mol. The van der Waals surface area contributed by atoms with Crippen molar-refractivity contribution >= 4 is 6.03 Å². The summed E-state index contributed by atoms with van der Waals surface area (Å²) in [6, 6.07) is 0.410. The van der Waals surface area contributed by atoms with Crippen molar-refractivity contribution in [1.82, 2.24) is 15.5 Å². The number of carbonyl (C=O) groups excluding carboxylic acids is 1. The molecular formula is C16H33N3O2. The fourth-order valence-electron chi connectivity index (χ4n) is 2.87. The third-order valence-corrected chi connectivity index (χ3v) is 4.07. The molecule has 0 bridgehead atoms. The molecule has 2 atom stereocenters. The van der Waals surface area contributed by atoms with Crippen LogP contribution >= 0.6 is 0 Å². The van der Waals surface area contributed by atoms with Crippen LogP contribution in [0.4, 0.5) is 4.79 Å². The topological polar surface area (TPSA) is 64.6 Å². The van der Waals surface area contributed by atoms with Crippen LogP contribution in [0.25, 0.3) is 0 Å². The maximum absolute atomic E-state index is 11.7. The van der Waals surface area contributed by atoms with Crippen molar-refractivity contribution in [2.24, 2.45) is 11.8 Å². The SMILES string of the molecule is CC(C)CC(O)CNC(=O)NCC1CCCN(C(C)C)C1. The van der Waals surface area contributed by atoms with Gasteiger partial charge in [-0.1, -0.05) is 13.8 Å². The number of nitrogens with one attached hydrogen (secondary N) is 2. The Morgan fingerprint density at radius 2 is 2.00 bits per heavy atom. The normalized spacial score (nSPS) is 21.6. The average Bonchev–Trinajstić information content (AvgIpc) is 2.42. The Labute approximate surface area is 129 Å². The number of piperidine rings is 1. The van der Waals surface area contributed by atoms with E-state index in [4.69, 9.17) is 0 Å². The van der Waals surface area contributed by atoms with Gasteiger partial charge in [-0.3, -0.25) is 0 Å². The van der Waals surface area contributed by atoms with Crippen molar-refractivity contribution in [2.75, 3.05) is 26.2 Å². The first-order valence-corrected chi connectivity index (χ1v) is 8.32. The van der Waals surface area contributed by atoms with Crippen molar-refractivity contribution in [2.45, 2.75) is 59.1 Å². The summed E-state index contributed by atoms with van der Waals surface area (Å²) in [5, 5.41) is 15.4. The molecule has 5 heteroatoms. The minimum atomic E-state index is -0.457. The van der Waals surface area contributed by atoms with Crippen LogP contribution in [-0.4, -0.2) is 54.4 Å². The van der Waals surface area contributed by atoms with Crippen LogP contribution in [0.3, 0.4) is 0 Å². The number of hydrogen-bond acceptors (Lipinski definition) is 3. The Hall–Kier alpha value is -0.810.